The molecule has 102 valence electrons. The van der Waals surface area contributed by atoms with Crippen molar-refractivity contribution in [3.05, 3.63) is 46.7 Å². The van der Waals surface area contributed by atoms with Crippen LogP contribution in [0.25, 0.3) is 0 Å². The summed E-state index contributed by atoms with van der Waals surface area (Å²) in [5.74, 6) is 5.36. The van der Waals surface area contributed by atoms with Gasteiger partial charge in [0.1, 0.15) is 5.69 Å². The number of halogens is 1. The molecule has 20 heavy (non-hydrogen) atoms. The van der Waals surface area contributed by atoms with E-state index in [1.807, 2.05) is 0 Å². The van der Waals surface area contributed by atoms with E-state index >= 15 is 0 Å². The maximum absolute atomic E-state index is 12.1. The van der Waals surface area contributed by atoms with Crippen LogP contribution in [0, 0.1) is 11.8 Å². The molecule has 0 saturated carbocycles. The monoisotopic (exact) mass is 288 g/mol. The molecular formula is C14H13ClN4O. The van der Waals surface area contributed by atoms with Crippen molar-refractivity contribution in [3.63, 3.8) is 0 Å². The van der Waals surface area contributed by atoms with Crippen molar-refractivity contribution < 1.29 is 4.79 Å². The molecule has 0 spiro atoms. The second-order valence-corrected chi connectivity index (χ2v) is 4.40. The van der Waals surface area contributed by atoms with Crippen LogP contribution in [0.15, 0.2) is 30.5 Å². The molecule has 3 N–H and O–H groups in total. The highest BCUT2D eigenvalue weighted by Gasteiger charge is 2.12. The first kappa shape index (κ1) is 14.1. The summed E-state index contributed by atoms with van der Waals surface area (Å²) < 4.78 is 1.49. The third-order valence-corrected chi connectivity index (χ3v) is 2.93. The van der Waals surface area contributed by atoms with E-state index in [2.05, 4.69) is 22.3 Å². The van der Waals surface area contributed by atoms with E-state index < -0.39 is 0 Å². The number of nitrogens with two attached hydrogens (primary N) is 1. The van der Waals surface area contributed by atoms with Crippen molar-refractivity contribution in [2.24, 2.45) is 12.8 Å². The summed E-state index contributed by atoms with van der Waals surface area (Å²) in [5, 5.41) is 7.13. The van der Waals surface area contributed by atoms with E-state index in [9.17, 15) is 4.79 Å². The summed E-state index contributed by atoms with van der Waals surface area (Å²) in [5.41, 5.74) is 7.01. The Hall–Kier alpha value is -2.29. The molecule has 1 amide bonds. The van der Waals surface area contributed by atoms with Gasteiger partial charge in [0.2, 0.25) is 0 Å². The number of carbonyl (C=O) groups is 1. The smallest absolute Gasteiger partial charge is 0.273 e. The normalized spacial score (nSPS) is 9.75. The minimum Gasteiger partial charge on any atom is -0.320 e. The Labute approximate surface area is 121 Å². The van der Waals surface area contributed by atoms with Crippen LogP contribution in [0.5, 0.6) is 0 Å². The predicted octanol–water partition coefficient (Wildman–Crippen LogP) is 1.64. The predicted molar refractivity (Wildman–Crippen MR) is 78.5 cm³/mol. The van der Waals surface area contributed by atoms with Gasteiger partial charge >= 0.3 is 0 Å². The van der Waals surface area contributed by atoms with Gasteiger partial charge in [-0.1, -0.05) is 23.4 Å². The zero-order valence-electron chi connectivity index (χ0n) is 10.9. The van der Waals surface area contributed by atoms with E-state index in [0.29, 0.717) is 16.4 Å². The number of carbonyl (C=O) groups excluding carboxylic acids is 1. The van der Waals surface area contributed by atoms with Crippen LogP contribution < -0.4 is 11.1 Å². The molecule has 1 heterocycles. The van der Waals surface area contributed by atoms with Crippen LogP contribution in [0.1, 0.15) is 16.1 Å². The van der Waals surface area contributed by atoms with Gasteiger partial charge in [0.25, 0.3) is 5.91 Å². The van der Waals surface area contributed by atoms with Gasteiger partial charge in [-0.05, 0) is 24.3 Å². The van der Waals surface area contributed by atoms with E-state index in [0.717, 1.165) is 5.56 Å². The van der Waals surface area contributed by atoms with Gasteiger partial charge in [-0.3, -0.25) is 9.48 Å². The van der Waals surface area contributed by atoms with E-state index in [1.54, 1.807) is 37.5 Å². The second-order valence-electron chi connectivity index (χ2n) is 3.99. The Bertz CT molecular complexity index is 697. The minimum absolute atomic E-state index is 0.277. The number of benzene rings is 1. The highest BCUT2D eigenvalue weighted by molar-refractivity contribution is 6.34. The van der Waals surface area contributed by atoms with Crippen molar-refractivity contribution >= 4 is 23.2 Å². The van der Waals surface area contributed by atoms with Crippen molar-refractivity contribution in [1.29, 1.82) is 0 Å². The van der Waals surface area contributed by atoms with Gasteiger partial charge in [-0.25, -0.2) is 0 Å². The number of hydrogen-bond donors (Lipinski definition) is 2. The molecule has 0 radical (unpaired) electrons. The quantitative estimate of drug-likeness (QED) is 0.825. The van der Waals surface area contributed by atoms with Gasteiger partial charge < -0.3 is 11.1 Å². The molecular weight excluding hydrogens is 276 g/mol. The number of rotatable bonds is 2. The van der Waals surface area contributed by atoms with Gasteiger partial charge in [0.05, 0.1) is 17.3 Å². The largest absolute Gasteiger partial charge is 0.320 e. The maximum Gasteiger partial charge on any atom is 0.273 e. The van der Waals surface area contributed by atoms with Crippen LogP contribution in [0.4, 0.5) is 5.69 Å². The molecule has 5 nitrogen and oxygen atoms in total. The number of aryl methyl sites for hydroxylation is 1. The van der Waals surface area contributed by atoms with Crippen LogP contribution in [-0.2, 0) is 7.05 Å². The van der Waals surface area contributed by atoms with Crippen molar-refractivity contribution in [1.82, 2.24) is 9.78 Å². The second kappa shape index (κ2) is 6.24. The lowest BCUT2D eigenvalue weighted by Crippen LogP contribution is -2.16. The lowest BCUT2D eigenvalue weighted by atomic mass is 10.2. The maximum atomic E-state index is 12.1. The van der Waals surface area contributed by atoms with Crippen LogP contribution in [0.3, 0.4) is 0 Å². The first-order valence-corrected chi connectivity index (χ1v) is 6.27. The molecule has 1 aromatic carbocycles. The fourth-order valence-corrected chi connectivity index (χ4v) is 1.80. The number of nitrogens with one attached hydrogen (secondary N) is 1. The van der Waals surface area contributed by atoms with Gasteiger partial charge in [-0.15, -0.1) is 0 Å². The standard InChI is InChI=1S/C14H13ClN4O/c1-19-13(6-8-17-19)14(20)18-12-9-10(3-2-7-16)4-5-11(12)15/h4-6,8-9H,7,16H2,1H3,(H,18,20). The Morgan fingerprint density at radius 2 is 2.30 bits per heavy atom. The molecule has 0 aliphatic heterocycles. The zero-order valence-corrected chi connectivity index (χ0v) is 11.6. The molecule has 2 aromatic rings. The first-order valence-electron chi connectivity index (χ1n) is 5.89. The molecule has 2 rings (SSSR count). The van der Waals surface area contributed by atoms with Crippen molar-refractivity contribution in [2.75, 3.05) is 11.9 Å². The van der Waals surface area contributed by atoms with Gasteiger partial charge in [0.15, 0.2) is 0 Å². The summed E-state index contributed by atoms with van der Waals surface area (Å²) >= 11 is 6.07. The van der Waals surface area contributed by atoms with Gasteiger partial charge in [-0.2, -0.15) is 5.10 Å². The Kier molecular flexibility index (Phi) is 4.41. The molecule has 0 bridgehead atoms. The first-order chi connectivity index (χ1) is 9.61. The number of amides is 1. The van der Waals surface area contributed by atoms with E-state index in [1.165, 1.54) is 4.68 Å². The van der Waals surface area contributed by atoms with Crippen LogP contribution >= 0.6 is 11.6 Å². The SMILES string of the molecule is Cn1nccc1C(=O)Nc1cc(C#CCN)ccc1Cl. The summed E-state index contributed by atoms with van der Waals surface area (Å²) in [6, 6.07) is 6.78. The van der Waals surface area contributed by atoms with E-state index in [4.69, 9.17) is 17.3 Å². The Morgan fingerprint density at radius 1 is 1.50 bits per heavy atom. The average Bonchev–Trinajstić information content (AvgIpc) is 2.86. The number of anilines is 1. The third kappa shape index (κ3) is 3.18. The van der Waals surface area contributed by atoms with Crippen molar-refractivity contribution in [2.45, 2.75) is 0 Å². The lowest BCUT2D eigenvalue weighted by molar-refractivity contribution is 0.101. The van der Waals surface area contributed by atoms with E-state index in [-0.39, 0.29) is 12.5 Å². The molecule has 0 unspecified atom stereocenters. The van der Waals surface area contributed by atoms with Crippen LogP contribution in [-0.4, -0.2) is 22.2 Å². The summed E-state index contributed by atoms with van der Waals surface area (Å²) in [6.07, 6.45) is 1.56. The summed E-state index contributed by atoms with van der Waals surface area (Å²) in [7, 11) is 1.69. The number of hydrogen-bond acceptors (Lipinski definition) is 3. The summed E-state index contributed by atoms with van der Waals surface area (Å²) in [6.45, 7) is 0.277. The lowest BCUT2D eigenvalue weighted by Gasteiger charge is -2.07. The molecule has 0 saturated heterocycles. The zero-order chi connectivity index (χ0) is 14.5. The Morgan fingerprint density at radius 3 is 2.95 bits per heavy atom. The topological polar surface area (TPSA) is 72.9 Å². The fraction of sp³-hybridized carbons (Fsp3) is 0.143. The molecule has 0 atom stereocenters. The highest BCUT2D eigenvalue weighted by Crippen LogP contribution is 2.23. The number of nitrogens with zero attached hydrogens (tertiary/aromatic N) is 2. The Balaban J connectivity index is 2.25. The average molecular weight is 289 g/mol. The minimum atomic E-state index is -0.282. The van der Waals surface area contributed by atoms with Crippen LogP contribution in [0.2, 0.25) is 5.02 Å². The third-order valence-electron chi connectivity index (χ3n) is 2.60. The molecule has 1 aromatic heterocycles. The fourth-order valence-electron chi connectivity index (χ4n) is 1.63. The molecule has 0 aliphatic carbocycles. The molecule has 0 aliphatic rings. The number of aromatic nitrogens is 2. The van der Waals surface area contributed by atoms with Gasteiger partial charge in [0, 0.05) is 18.8 Å². The highest BCUT2D eigenvalue weighted by atomic mass is 35.5. The molecule has 0 fully saturated rings. The molecule has 6 heteroatoms. The summed E-state index contributed by atoms with van der Waals surface area (Å²) in [4.78, 5) is 12.1. The van der Waals surface area contributed by atoms with Crippen molar-refractivity contribution in [3.8, 4) is 11.8 Å².